The SMILES string of the molecule is O=S1(=O)CCC(C2CC2)c2cc(F)cc(F)c21. The molecule has 0 radical (unpaired) electrons. The second kappa shape index (κ2) is 3.51. The van der Waals surface area contributed by atoms with Crippen molar-refractivity contribution in [2.24, 2.45) is 5.92 Å². The number of sulfone groups is 1. The molecule has 0 aromatic heterocycles. The summed E-state index contributed by atoms with van der Waals surface area (Å²) in [5.74, 6) is -1.23. The van der Waals surface area contributed by atoms with Crippen LogP contribution in [0.4, 0.5) is 8.78 Å². The molecule has 1 heterocycles. The lowest BCUT2D eigenvalue weighted by Gasteiger charge is -2.25. The maximum Gasteiger partial charge on any atom is 0.181 e. The summed E-state index contributed by atoms with van der Waals surface area (Å²) in [4.78, 5) is -0.262. The zero-order chi connectivity index (χ0) is 12.2. The van der Waals surface area contributed by atoms with Crippen molar-refractivity contribution >= 4 is 9.84 Å². The number of hydrogen-bond acceptors (Lipinski definition) is 2. The number of rotatable bonds is 1. The van der Waals surface area contributed by atoms with Crippen LogP contribution in [0, 0.1) is 17.6 Å². The van der Waals surface area contributed by atoms with Crippen LogP contribution in [-0.2, 0) is 9.84 Å². The van der Waals surface area contributed by atoms with Crippen molar-refractivity contribution in [3.8, 4) is 0 Å². The molecule has 5 heteroatoms. The van der Waals surface area contributed by atoms with Crippen LogP contribution in [-0.4, -0.2) is 14.2 Å². The van der Waals surface area contributed by atoms with E-state index in [0.29, 0.717) is 24.0 Å². The molecule has 0 amide bonds. The van der Waals surface area contributed by atoms with E-state index in [9.17, 15) is 17.2 Å². The zero-order valence-electron chi connectivity index (χ0n) is 9.12. The molecule has 1 aromatic rings. The standard InChI is InChI=1S/C12H12F2O2S/c13-8-5-10-9(7-1-2-7)3-4-17(15,16)12(10)11(14)6-8/h5-7,9H,1-4H2. The van der Waals surface area contributed by atoms with Crippen molar-refractivity contribution in [2.75, 3.05) is 5.75 Å². The highest BCUT2D eigenvalue weighted by atomic mass is 32.2. The van der Waals surface area contributed by atoms with Gasteiger partial charge in [0.15, 0.2) is 9.84 Å². The average molecular weight is 258 g/mol. The van der Waals surface area contributed by atoms with Gasteiger partial charge in [0.05, 0.1) is 5.75 Å². The Morgan fingerprint density at radius 3 is 2.47 bits per heavy atom. The Kier molecular flexibility index (Phi) is 2.30. The minimum absolute atomic E-state index is 0.0127. The minimum atomic E-state index is -3.57. The van der Waals surface area contributed by atoms with Crippen LogP contribution in [0.15, 0.2) is 17.0 Å². The van der Waals surface area contributed by atoms with Gasteiger partial charge in [0.1, 0.15) is 16.5 Å². The molecule has 0 N–H and O–H groups in total. The fraction of sp³-hybridized carbons (Fsp3) is 0.500. The Bertz CT molecular complexity index is 576. The van der Waals surface area contributed by atoms with E-state index in [1.54, 1.807) is 0 Å². The number of halogens is 2. The maximum atomic E-state index is 13.7. The van der Waals surface area contributed by atoms with Gasteiger partial charge in [-0.25, -0.2) is 17.2 Å². The lowest BCUT2D eigenvalue weighted by atomic mass is 9.91. The van der Waals surface area contributed by atoms with Crippen LogP contribution in [0.1, 0.15) is 30.7 Å². The molecule has 17 heavy (non-hydrogen) atoms. The number of fused-ring (bicyclic) bond motifs is 1. The summed E-state index contributed by atoms with van der Waals surface area (Å²) in [6, 6.07) is 1.85. The van der Waals surface area contributed by atoms with Crippen molar-refractivity contribution in [1.29, 1.82) is 0 Å². The fourth-order valence-corrected chi connectivity index (χ4v) is 4.41. The van der Waals surface area contributed by atoms with Gasteiger partial charge in [-0.05, 0) is 42.7 Å². The monoisotopic (exact) mass is 258 g/mol. The third kappa shape index (κ3) is 1.76. The van der Waals surface area contributed by atoms with E-state index in [4.69, 9.17) is 0 Å². The molecule has 3 rings (SSSR count). The zero-order valence-corrected chi connectivity index (χ0v) is 9.93. The van der Waals surface area contributed by atoms with E-state index in [2.05, 4.69) is 0 Å². The topological polar surface area (TPSA) is 34.1 Å². The number of benzene rings is 1. The number of hydrogen-bond donors (Lipinski definition) is 0. The van der Waals surface area contributed by atoms with Crippen molar-refractivity contribution in [2.45, 2.75) is 30.1 Å². The normalized spacial score (nSPS) is 26.6. The van der Waals surface area contributed by atoms with Crippen LogP contribution < -0.4 is 0 Å². The molecule has 1 atom stereocenters. The molecule has 1 saturated carbocycles. The molecule has 0 spiro atoms. The average Bonchev–Trinajstić information content (AvgIpc) is 2.99. The molecule has 1 aliphatic carbocycles. The molecule has 2 nitrogen and oxygen atoms in total. The summed E-state index contributed by atoms with van der Waals surface area (Å²) in [5.41, 5.74) is 0.358. The predicted molar refractivity (Wildman–Crippen MR) is 58.5 cm³/mol. The van der Waals surface area contributed by atoms with Gasteiger partial charge in [-0.1, -0.05) is 0 Å². The molecule has 1 fully saturated rings. The van der Waals surface area contributed by atoms with Gasteiger partial charge < -0.3 is 0 Å². The largest absolute Gasteiger partial charge is 0.224 e. The van der Waals surface area contributed by atoms with Gasteiger partial charge in [0, 0.05) is 6.07 Å². The van der Waals surface area contributed by atoms with Gasteiger partial charge in [0.2, 0.25) is 0 Å². The molecule has 1 aromatic carbocycles. The summed E-state index contributed by atoms with van der Waals surface area (Å²) in [6.07, 6.45) is 2.55. The van der Waals surface area contributed by atoms with Crippen LogP contribution >= 0.6 is 0 Å². The summed E-state index contributed by atoms with van der Waals surface area (Å²) < 4.78 is 50.6. The smallest absolute Gasteiger partial charge is 0.181 e. The second-order valence-electron chi connectivity index (χ2n) is 4.86. The molecule has 2 aliphatic rings. The predicted octanol–water partition coefficient (Wildman–Crippen LogP) is 2.64. The van der Waals surface area contributed by atoms with Crippen molar-refractivity contribution < 1.29 is 17.2 Å². The van der Waals surface area contributed by atoms with E-state index < -0.39 is 21.5 Å². The molecular formula is C12H12F2O2S. The summed E-state index contributed by atoms with van der Waals surface area (Å²) in [6.45, 7) is 0. The third-order valence-corrected chi connectivity index (χ3v) is 5.46. The van der Waals surface area contributed by atoms with Crippen LogP contribution in [0.3, 0.4) is 0 Å². The first-order valence-corrected chi connectivity index (χ1v) is 7.36. The Morgan fingerprint density at radius 2 is 1.82 bits per heavy atom. The molecule has 1 unspecified atom stereocenters. The minimum Gasteiger partial charge on any atom is -0.224 e. The highest BCUT2D eigenvalue weighted by Gasteiger charge is 2.41. The van der Waals surface area contributed by atoms with Crippen molar-refractivity contribution in [1.82, 2.24) is 0 Å². The molecule has 0 saturated heterocycles. The Balaban J connectivity index is 2.24. The first kappa shape index (κ1) is 11.1. The van der Waals surface area contributed by atoms with Gasteiger partial charge in [-0.2, -0.15) is 0 Å². The first-order valence-electron chi connectivity index (χ1n) is 5.71. The highest BCUT2D eigenvalue weighted by molar-refractivity contribution is 7.91. The van der Waals surface area contributed by atoms with Gasteiger partial charge in [-0.3, -0.25) is 0 Å². The van der Waals surface area contributed by atoms with Crippen LogP contribution in [0.2, 0.25) is 0 Å². The molecule has 0 bridgehead atoms. The Labute approximate surface area is 98.6 Å². The molecule has 92 valence electrons. The second-order valence-corrected chi connectivity index (χ2v) is 6.90. The van der Waals surface area contributed by atoms with Crippen molar-refractivity contribution in [3.05, 3.63) is 29.3 Å². The summed E-state index contributed by atoms with van der Waals surface area (Å²) in [5, 5.41) is 0. The van der Waals surface area contributed by atoms with E-state index >= 15 is 0 Å². The van der Waals surface area contributed by atoms with Gasteiger partial charge >= 0.3 is 0 Å². The van der Waals surface area contributed by atoms with Crippen LogP contribution in [0.5, 0.6) is 0 Å². The first-order chi connectivity index (χ1) is 7.99. The lowest BCUT2D eigenvalue weighted by Crippen LogP contribution is -2.23. The van der Waals surface area contributed by atoms with E-state index in [1.165, 1.54) is 6.07 Å². The maximum absolute atomic E-state index is 13.7. The van der Waals surface area contributed by atoms with Crippen molar-refractivity contribution in [3.63, 3.8) is 0 Å². The molecule has 1 aliphatic heterocycles. The summed E-state index contributed by atoms with van der Waals surface area (Å²) >= 11 is 0. The quantitative estimate of drug-likeness (QED) is 0.726. The Morgan fingerprint density at radius 1 is 1.12 bits per heavy atom. The van der Waals surface area contributed by atoms with E-state index in [0.717, 1.165) is 12.8 Å². The van der Waals surface area contributed by atoms with Gasteiger partial charge in [-0.15, -0.1) is 0 Å². The Hall–Kier alpha value is -0.970. The van der Waals surface area contributed by atoms with Crippen LogP contribution in [0.25, 0.3) is 0 Å². The third-order valence-electron chi connectivity index (χ3n) is 3.64. The molecular weight excluding hydrogens is 246 g/mol. The summed E-state index contributed by atoms with van der Waals surface area (Å²) in [7, 11) is -3.57. The lowest BCUT2D eigenvalue weighted by molar-refractivity contribution is 0.495. The van der Waals surface area contributed by atoms with E-state index in [1.807, 2.05) is 0 Å². The fourth-order valence-electron chi connectivity index (χ4n) is 2.71. The highest BCUT2D eigenvalue weighted by Crippen LogP contribution is 2.49. The van der Waals surface area contributed by atoms with Gasteiger partial charge in [0.25, 0.3) is 0 Å². The van der Waals surface area contributed by atoms with E-state index in [-0.39, 0.29) is 16.6 Å².